The second-order valence-electron chi connectivity index (χ2n) is 8.16. The Labute approximate surface area is 183 Å². The van der Waals surface area contributed by atoms with Gasteiger partial charge in [0.15, 0.2) is 0 Å². The van der Waals surface area contributed by atoms with Gasteiger partial charge in [-0.05, 0) is 82.7 Å². The van der Waals surface area contributed by atoms with Gasteiger partial charge >= 0.3 is 0 Å². The van der Waals surface area contributed by atoms with Crippen LogP contribution in [-0.4, -0.2) is 41.2 Å². The topological polar surface area (TPSA) is 50.2 Å². The lowest BCUT2D eigenvalue weighted by atomic mass is 10.0. The number of nitrogens with zero attached hydrogens (tertiary/aromatic N) is 3. The molecule has 5 nitrogen and oxygen atoms in total. The predicted octanol–water partition coefficient (Wildman–Crippen LogP) is 4.37. The lowest BCUT2D eigenvalue weighted by Gasteiger charge is -2.21. The first kappa shape index (κ1) is 22.7. The number of hydrogen-bond donors (Lipinski definition) is 1. The highest BCUT2D eigenvalue weighted by molar-refractivity contribution is 5.76. The van der Waals surface area contributed by atoms with Gasteiger partial charge in [0.05, 0.1) is 17.4 Å². The number of carbonyl (C=O) groups is 1. The van der Waals surface area contributed by atoms with E-state index in [4.69, 9.17) is 0 Å². The Hall–Kier alpha value is -2.99. The van der Waals surface area contributed by atoms with E-state index >= 15 is 0 Å². The molecule has 31 heavy (non-hydrogen) atoms. The van der Waals surface area contributed by atoms with Crippen LogP contribution in [-0.2, 0) is 11.2 Å². The molecular weight excluding hydrogens is 391 g/mol. The number of nitrogens with one attached hydrogen (secondary N) is 1. The van der Waals surface area contributed by atoms with E-state index in [0.717, 1.165) is 41.2 Å². The number of hydrogen-bond acceptors (Lipinski definition) is 3. The van der Waals surface area contributed by atoms with Crippen LogP contribution in [0.5, 0.6) is 0 Å². The van der Waals surface area contributed by atoms with Crippen molar-refractivity contribution in [3.63, 3.8) is 0 Å². The predicted molar refractivity (Wildman–Crippen MR) is 122 cm³/mol. The number of carbonyl (C=O) groups excluding carboxylic acids is 1. The highest BCUT2D eigenvalue weighted by atomic mass is 19.1. The van der Waals surface area contributed by atoms with Gasteiger partial charge in [0, 0.05) is 12.1 Å². The maximum atomic E-state index is 13.3. The SMILES string of the molecule is Cc1nn(-c2ccccc2)c(C)c1CCC(=O)NC(CCN(C)C)c1ccc(F)cc1. The summed E-state index contributed by atoms with van der Waals surface area (Å²) in [6.45, 7) is 4.85. The molecule has 0 bridgehead atoms. The van der Waals surface area contributed by atoms with Crippen LogP contribution in [0.25, 0.3) is 5.69 Å². The molecular formula is C25H31FN4O. The van der Waals surface area contributed by atoms with Gasteiger partial charge in [-0.2, -0.15) is 5.10 Å². The fourth-order valence-electron chi connectivity index (χ4n) is 3.77. The minimum Gasteiger partial charge on any atom is -0.349 e. The summed E-state index contributed by atoms with van der Waals surface area (Å²) < 4.78 is 15.3. The van der Waals surface area contributed by atoms with Crippen molar-refractivity contribution in [2.75, 3.05) is 20.6 Å². The molecule has 3 rings (SSSR count). The summed E-state index contributed by atoms with van der Waals surface area (Å²) in [6.07, 6.45) is 1.76. The third-order valence-electron chi connectivity index (χ3n) is 5.52. The lowest BCUT2D eigenvalue weighted by Crippen LogP contribution is -2.31. The van der Waals surface area contributed by atoms with Crippen molar-refractivity contribution in [2.24, 2.45) is 0 Å². The normalized spacial score (nSPS) is 12.2. The summed E-state index contributed by atoms with van der Waals surface area (Å²) in [5.74, 6) is -0.290. The molecule has 0 saturated heterocycles. The number of aromatic nitrogens is 2. The van der Waals surface area contributed by atoms with E-state index in [9.17, 15) is 9.18 Å². The molecule has 0 aliphatic heterocycles. The van der Waals surface area contributed by atoms with Gasteiger partial charge in [-0.15, -0.1) is 0 Å². The zero-order chi connectivity index (χ0) is 22.4. The highest BCUT2D eigenvalue weighted by Crippen LogP contribution is 2.21. The molecule has 1 atom stereocenters. The molecule has 0 aliphatic carbocycles. The molecule has 1 unspecified atom stereocenters. The van der Waals surface area contributed by atoms with Crippen molar-refractivity contribution in [1.82, 2.24) is 20.0 Å². The number of para-hydroxylation sites is 1. The number of amides is 1. The Kier molecular flexibility index (Phi) is 7.58. The van der Waals surface area contributed by atoms with Crippen LogP contribution in [0.2, 0.25) is 0 Å². The number of aryl methyl sites for hydroxylation is 1. The second kappa shape index (κ2) is 10.4. The molecule has 1 aromatic heterocycles. The van der Waals surface area contributed by atoms with Crippen LogP contribution in [0.1, 0.15) is 41.4 Å². The summed E-state index contributed by atoms with van der Waals surface area (Å²) in [5, 5.41) is 7.81. The van der Waals surface area contributed by atoms with Crippen molar-refractivity contribution in [1.29, 1.82) is 0 Å². The third-order valence-corrected chi connectivity index (χ3v) is 5.52. The van der Waals surface area contributed by atoms with Gasteiger partial charge in [-0.3, -0.25) is 4.79 Å². The lowest BCUT2D eigenvalue weighted by molar-refractivity contribution is -0.121. The minimum atomic E-state index is -0.275. The zero-order valence-electron chi connectivity index (χ0n) is 18.7. The average Bonchev–Trinajstić information content (AvgIpc) is 3.04. The summed E-state index contributed by atoms with van der Waals surface area (Å²) in [7, 11) is 4.00. The van der Waals surface area contributed by atoms with Crippen LogP contribution in [0.15, 0.2) is 54.6 Å². The van der Waals surface area contributed by atoms with Crippen molar-refractivity contribution in [2.45, 2.75) is 39.2 Å². The molecule has 6 heteroatoms. The second-order valence-corrected chi connectivity index (χ2v) is 8.16. The Morgan fingerprint density at radius 1 is 1.10 bits per heavy atom. The van der Waals surface area contributed by atoms with Gasteiger partial charge in [-0.25, -0.2) is 9.07 Å². The molecule has 0 fully saturated rings. The van der Waals surface area contributed by atoms with Crippen molar-refractivity contribution >= 4 is 5.91 Å². The Balaban J connectivity index is 1.67. The molecule has 3 aromatic rings. The van der Waals surface area contributed by atoms with E-state index in [2.05, 4.69) is 15.3 Å². The zero-order valence-corrected chi connectivity index (χ0v) is 18.7. The van der Waals surface area contributed by atoms with E-state index in [1.807, 2.05) is 63.0 Å². The minimum absolute atomic E-state index is 0.0145. The first-order chi connectivity index (χ1) is 14.8. The van der Waals surface area contributed by atoms with Crippen LogP contribution in [0.3, 0.4) is 0 Å². The fraction of sp³-hybridized carbons (Fsp3) is 0.360. The van der Waals surface area contributed by atoms with Crippen molar-refractivity contribution < 1.29 is 9.18 Å². The molecule has 1 heterocycles. The molecule has 1 N–H and O–H groups in total. The summed E-state index contributed by atoms with van der Waals surface area (Å²) in [5.41, 5.74) is 5.03. The van der Waals surface area contributed by atoms with Gasteiger partial charge in [-0.1, -0.05) is 30.3 Å². The van der Waals surface area contributed by atoms with Gasteiger partial charge in [0.2, 0.25) is 5.91 Å². The molecule has 0 radical (unpaired) electrons. The standard InChI is InChI=1S/C25H31FN4O/c1-18-23(19(2)30(28-18)22-8-6-5-7-9-22)14-15-25(31)27-24(16-17-29(3)4)20-10-12-21(26)13-11-20/h5-13,24H,14-17H2,1-4H3,(H,27,31). The van der Waals surface area contributed by atoms with Crippen LogP contribution in [0, 0.1) is 19.7 Å². The van der Waals surface area contributed by atoms with Gasteiger partial charge in [0.1, 0.15) is 5.82 Å². The first-order valence-electron chi connectivity index (χ1n) is 10.6. The van der Waals surface area contributed by atoms with Gasteiger partial charge in [0.25, 0.3) is 0 Å². The molecule has 0 saturated carbocycles. The van der Waals surface area contributed by atoms with E-state index in [1.54, 1.807) is 12.1 Å². The van der Waals surface area contributed by atoms with E-state index in [0.29, 0.717) is 12.8 Å². The third kappa shape index (κ3) is 6.01. The Morgan fingerprint density at radius 2 is 1.77 bits per heavy atom. The number of benzene rings is 2. The van der Waals surface area contributed by atoms with Crippen molar-refractivity contribution in [3.8, 4) is 5.69 Å². The van der Waals surface area contributed by atoms with Crippen molar-refractivity contribution in [3.05, 3.63) is 82.9 Å². The monoisotopic (exact) mass is 422 g/mol. The number of rotatable bonds is 9. The smallest absolute Gasteiger partial charge is 0.220 e. The average molecular weight is 423 g/mol. The molecule has 0 aliphatic rings. The molecule has 2 aromatic carbocycles. The Morgan fingerprint density at radius 3 is 2.42 bits per heavy atom. The summed E-state index contributed by atoms with van der Waals surface area (Å²) in [6, 6.07) is 16.2. The maximum absolute atomic E-state index is 13.3. The molecule has 1 amide bonds. The first-order valence-corrected chi connectivity index (χ1v) is 10.6. The molecule has 0 spiro atoms. The summed E-state index contributed by atoms with van der Waals surface area (Å²) in [4.78, 5) is 14.9. The highest BCUT2D eigenvalue weighted by Gasteiger charge is 2.18. The van der Waals surface area contributed by atoms with Crippen LogP contribution >= 0.6 is 0 Å². The number of halogens is 1. The van der Waals surface area contributed by atoms with E-state index < -0.39 is 0 Å². The van der Waals surface area contributed by atoms with Gasteiger partial charge < -0.3 is 10.2 Å². The van der Waals surface area contributed by atoms with E-state index in [1.165, 1.54) is 12.1 Å². The largest absolute Gasteiger partial charge is 0.349 e. The quantitative estimate of drug-likeness (QED) is 0.557. The van der Waals surface area contributed by atoms with Crippen LogP contribution in [0.4, 0.5) is 4.39 Å². The fourth-order valence-corrected chi connectivity index (χ4v) is 3.77. The molecule has 164 valence electrons. The summed E-state index contributed by atoms with van der Waals surface area (Å²) >= 11 is 0. The Bertz CT molecular complexity index is 996. The maximum Gasteiger partial charge on any atom is 0.220 e. The van der Waals surface area contributed by atoms with Crippen LogP contribution < -0.4 is 5.32 Å². The van der Waals surface area contributed by atoms with E-state index in [-0.39, 0.29) is 17.8 Å².